The Morgan fingerprint density at radius 3 is 2.43 bits per heavy atom. The Kier molecular flexibility index (Phi) is 2.73. The van der Waals surface area contributed by atoms with Crippen molar-refractivity contribution in [3.05, 3.63) is 30.3 Å². The van der Waals surface area contributed by atoms with Crippen LogP contribution in [-0.4, -0.2) is 18.6 Å². The van der Waals surface area contributed by atoms with Crippen LogP contribution in [0.4, 0.5) is 5.69 Å². The van der Waals surface area contributed by atoms with E-state index in [4.69, 9.17) is 5.73 Å². The fourth-order valence-corrected chi connectivity index (χ4v) is 2.16. The van der Waals surface area contributed by atoms with E-state index in [1.165, 1.54) is 5.69 Å². The zero-order valence-corrected chi connectivity index (χ0v) is 8.69. The Balaban J connectivity index is 2.07. The number of nitrogens with zero attached hydrogens (tertiary/aromatic N) is 1. The highest BCUT2D eigenvalue weighted by Crippen LogP contribution is 2.28. The van der Waals surface area contributed by atoms with Crippen LogP contribution in [0.3, 0.4) is 0 Å². The first-order chi connectivity index (χ1) is 6.81. The molecule has 0 saturated heterocycles. The van der Waals surface area contributed by atoms with Crippen molar-refractivity contribution in [3.63, 3.8) is 0 Å². The molecule has 1 aliphatic carbocycles. The Morgan fingerprint density at radius 1 is 1.29 bits per heavy atom. The molecule has 0 atom stereocenters. The van der Waals surface area contributed by atoms with Crippen molar-refractivity contribution in [1.82, 2.24) is 0 Å². The smallest absolute Gasteiger partial charge is 0.0368 e. The van der Waals surface area contributed by atoms with E-state index in [2.05, 4.69) is 42.2 Å². The van der Waals surface area contributed by atoms with Crippen molar-refractivity contribution < 1.29 is 0 Å². The van der Waals surface area contributed by atoms with Gasteiger partial charge in [0.15, 0.2) is 0 Å². The standard InChI is InChI=1S/C12H18N2/c1-2-14(12-8-10(13)9-12)11-6-4-3-5-7-11/h3-7,10,12H,2,8-9,13H2,1H3. The van der Waals surface area contributed by atoms with Gasteiger partial charge in [0.25, 0.3) is 0 Å². The van der Waals surface area contributed by atoms with Crippen molar-refractivity contribution in [2.24, 2.45) is 5.73 Å². The van der Waals surface area contributed by atoms with E-state index in [1.807, 2.05) is 0 Å². The molecule has 76 valence electrons. The lowest BCUT2D eigenvalue weighted by molar-refractivity contribution is 0.332. The summed E-state index contributed by atoms with van der Waals surface area (Å²) in [6.07, 6.45) is 2.28. The van der Waals surface area contributed by atoms with Crippen LogP contribution in [0.1, 0.15) is 19.8 Å². The second-order valence-electron chi connectivity index (χ2n) is 4.01. The summed E-state index contributed by atoms with van der Waals surface area (Å²) in [5.74, 6) is 0. The Morgan fingerprint density at radius 2 is 1.93 bits per heavy atom. The molecule has 2 heteroatoms. The second kappa shape index (κ2) is 4.01. The van der Waals surface area contributed by atoms with Crippen LogP contribution in [0.25, 0.3) is 0 Å². The van der Waals surface area contributed by atoms with Crippen LogP contribution in [-0.2, 0) is 0 Å². The van der Waals surface area contributed by atoms with E-state index < -0.39 is 0 Å². The van der Waals surface area contributed by atoms with Gasteiger partial charge in [0.1, 0.15) is 0 Å². The first-order valence-electron chi connectivity index (χ1n) is 5.38. The lowest BCUT2D eigenvalue weighted by atomic mass is 9.86. The van der Waals surface area contributed by atoms with Crippen LogP contribution in [0, 0.1) is 0 Å². The molecule has 1 fully saturated rings. The van der Waals surface area contributed by atoms with Crippen LogP contribution in [0.5, 0.6) is 0 Å². The minimum atomic E-state index is 0.428. The highest BCUT2D eigenvalue weighted by molar-refractivity contribution is 5.47. The molecule has 0 radical (unpaired) electrons. The molecule has 0 heterocycles. The van der Waals surface area contributed by atoms with E-state index >= 15 is 0 Å². The number of hydrogen-bond acceptors (Lipinski definition) is 2. The van der Waals surface area contributed by atoms with Crippen LogP contribution in [0.15, 0.2) is 30.3 Å². The molecule has 1 saturated carbocycles. The Labute approximate surface area is 85.7 Å². The maximum absolute atomic E-state index is 5.81. The number of para-hydroxylation sites is 1. The number of anilines is 1. The average Bonchev–Trinajstić information content (AvgIpc) is 2.18. The average molecular weight is 190 g/mol. The lowest BCUT2D eigenvalue weighted by Gasteiger charge is -2.42. The van der Waals surface area contributed by atoms with Crippen molar-refractivity contribution in [3.8, 4) is 0 Å². The monoisotopic (exact) mass is 190 g/mol. The fourth-order valence-electron chi connectivity index (χ4n) is 2.16. The summed E-state index contributed by atoms with van der Waals surface area (Å²) < 4.78 is 0. The van der Waals surface area contributed by atoms with Gasteiger partial charge >= 0.3 is 0 Å². The van der Waals surface area contributed by atoms with Crippen LogP contribution in [0.2, 0.25) is 0 Å². The molecular formula is C12H18N2. The third-order valence-electron chi connectivity index (χ3n) is 3.02. The van der Waals surface area contributed by atoms with Crippen LogP contribution < -0.4 is 10.6 Å². The molecule has 2 nitrogen and oxygen atoms in total. The van der Waals surface area contributed by atoms with Crippen molar-refractivity contribution in [2.75, 3.05) is 11.4 Å². The van der Waals surface area contributed by atoms with Gasteiger partial charge in [-0.25, -0.2) is 0 Å². The second-order valence-corrected chi connectivity index (χ2v) is 4.01. The van der Waals surface area contributed by atoms with Gasteiger partial charge in [0, 0.05) is 24.3 Å². The first-order valence-corrected chi connectivity index (χ1v) is 5.38. The van der Waals surface area contributed by atoms with Crippen molar-refractivity contribution >= 4 is 5.69 Å². The summed E-state index contributed by atoms with van der Waals surface area (Å²) in [6, 6.07) is 11.7. The Bertz CT molecular complexity index is 278. The number of rotatable bonds is 3. The van der Waals surface area contributed by atoms with Crippen LogP contribution >= 0.6 is 0 Å². The number of benzene rings is 1. The zero-order valence-electron chi connectivity index (χ0n) is 8.69. The summed E-state index contributed by atoms with van der Waals surface area (Å²) >= 11 is 0. The Hall–Kier alpha value is -1.02. The van der Waals surface area contributed by atoms with Gasteiger partial charge in [0.05, 0.1) is 0 Å². The van der Waals surface area contributed by atoms with Gasteiger partial charge in [-0.1, -0.05) is 18.2 Å². The SMILES string of the molecule is CCN(c1ccccc1)C1CC(N)C1. The molecule has 0 aliphatic heterocycles. The number of hydrogen-bond donors (Lipinski definition) is 1. The maximum Gasteiger partial charge on any atom is 0.0368 e. The van der Waals surface area contributed by atoms with Gasteiger partial charge in [-0.3, -0.25) is 0 Å². The van der Waals surface area contributed by atoms with Gasteiger partial charge in [-0.05, 0) is 31.9 Å². The molecule has 14 heavy (non-hydrogen) atoms. The highest BCUT2D eigenvalue weighted by Gasteiger charge is 2.30. The highest BCUT2D eigenvalue weighted by atomic mass is 15.2. The molecule has 1 aromatic carbocycles. The minimum Gasteiger partial charge on any atom is -0.369 e. The van der Waals surface area contributed by atoms with Crippen molar-refractivity contribution in [2.45, 2.75) is 31.8 Å². The first kappa shape index (κ1) is 9.53. The minimum absolute atomic E-state index is 0.428. The van der Waals surface area contributed by atoms with Gasteiger partial charge in [-0.15, -0.1) is 0 Å². The van der Waals surface area contributed by atoms with Gasteiger partial charge in [0.2, 0.25) is 0 Å². The third kappa shape index (κ3) is 1.75. The molecule has 2 N–H and O–H groups in total. The molecule has 0 spiro atoms. The van der Waals surface area contributed by atoms with Gasteiger partial charge < -0.3 is 10.6 Å². The van der Waals surface area contributed by atoms with Crippen molar-refractivity contribution in [1.29, 1.82) is 0 Å². The summed E-state index contributed by atoms with van der Waals surface area (Å²) in [5.41, 5.74) is 7.14. The molecular weight excluding hydrogens is 172 g/mol. The third-order valence-corrected chi connectivity index (χ3v) is 3.02. The van der Waals surface area contributed by atoms with E-state index in [0.29, 0.717) is 12.1 Å². The predicted molar refractivity (Wildman–Crippen MR) is 60.5 cm³/mol. The summed E-state index contributed by atoms with van der Waals surface area (Å²) in [6.45, 7) is 3.28. The largest absolute Gasteiger partial charge is 0.369 e. The van der Waals surface area contributed by atoms with Gasteiger partial charge in [-0.2, -0.15) is 0 Å². The molecule has 0 bridgehead atoms. The topological polar surface area (TPSA) is 29.3 Å². The molecule has 0 amide bonds. The zero-order chi connectivity index (χ0) is 9.97. The molecule has 1 aromatic rings. The summed E-state index contributed by atoms with van der Waals surface area (Å²) in [4.78, 5) is 2.45. The number of nitrogens with two attached hydrogens (primary N) is 1. The molecule has 1 aliphatic rings. The maximum atomic E-state index is 5.81. The predicted octanol–water partition coefficient (Wildman–Crippen LogP) is 2.00. The van der Waals surface area contributed by atoms with E-state index in [0.717, 1.165) is 19.4 Å². The van der Waals surface area contributed by atoms with E-state index in [-0.39, 0.29) is 0 Å². The van der Waals surface area contributed by atoms with E-state index in [9.17, 15) is 0 Å². The summed E-state index contributed by atoms with van der Waals surface area (Å²) in [5, 5.41) is 0. The van der Waals surface area contributed by atoms with E-state index in [1.54, 1.807) is 0 Å². The molecule has 0 aromatic heterocycles. The fraction of sp³-hybridized carbons (Fsp3) is 0.500. The quantitative estimate of drug-likeness (QED) is 0.790. The normalized spacial score (nSPS) is 25.6. The lowest BCUT2D eigenvalue weighted by Crippen LogP contribution is -2.50. The summed E-state index contributed by atoms with van der Waals surface area (Å²) in [7, 11) is 0. The molecule has 0 unspecified atom stereocenters. The molecule has 2 rings (SSSR count).